The molecule has 0 spiro atoms. The van der Waals surface area contributed by atoms with Gasteiger partial charge < -0.3 is 5.32 Å². The number of hydrogen-bond donors (Lipinski definition) is 1. The Morgan fingerprint density at radius 3 is 2.83 bits per heavy atom. The first-order valence-electron chi connectivity index (χ1n) is 8.48. The van der Waals surface area contributed by atoms with Gasteiger partial charge in [0.15, 0.2) is 0 Å². The van der Waals surface area contributed by atoms with Crippen molar-refractivity contribution < 1.29 is 4.79 Å². The number of hydrogen-bond acceptors (Lipinski definition) is 3. The number of amides is 1. The summed E-state index contributed by atoms with van der Waals surface area (Å²) in [5, 5.41) is 9.11. The van der Waals surface area contributed by atoms with Crippen molar-refractivity contribution in [1.29, 1.82) is 0 Å². The van der Waals surface area contributed by atoms with E-state index in [9.17, 15) is 4.79 Å². The van der Waals surface area contributed by atoms with Crippen molar-refractivity contribution in [2.24, 2.45) is 7.05 Å². The van der Waals surface area contributed by atoms with Crippen molar-refractivity contribution in [2.45, 2.75) is 38.0 Å². The van der Waals surface area contributed by atoms with Gasteiger partial charge in [-0.25, -0.2) is 0 Å². The predicted molar refractivity (Wildman–Crippen MR) is 96.8 cm³/mol. The van der Waals surface area contributed by atoms with Gasteiger partial charge in [-0.1, -0.05) is 18.2 Å². The highest BCUT2D eigenvalue weighted by atomic mass is 32.1. The molecule has 0 radical (unpaired) electrons. The second kappa shape index (κ2) is 4.93. The van der Waals surface area contributed by atoms with E-state index in [-0.39, 0.29) is 11.8 Å². The molecule has 3 aromatic rings. The maximum absolute atomic E-state index is 12.3. The van der Waals surface area contributed by atoms with Gasteiger partial charge in [-0.2, -0.15) is 5.10 Å². The fourth-order valence-electron chi connectivity index (χ4n) is 3.93. The van der Waals surface area contributed by atoms with Crippen molar-refractivity contribution >= 4 is 33.1 Å². The van der Waals surface area contributed by atoms with Gasteiger partial charge in [0, 0.05) is 40.4 Å². The first kappa shape index (κ1) is 14.2. The molecule has 4 nitrogen and oxygen atoms in total. The van der Waals surface area contributed by atoms with Gasteiger partial charge in [0.05, 0.1) is 5.69 Å². The summed E-state index contributed by atoms with van der Waals surface area (Å²) in [7, 11) is 1.94. The Kier molecular flexibility index (Phi) is 2.92. The second-order valence-electron chi connectivity index (χ2n) is 6.94. The lowest BCUT2D eigenvalue weighted by Crippen LogP contribution is -2.24. The summed E-state index contributed by atoms with van der Waals surface area (Å²) < 4.78 is 3.16. The normalized spacial score (nSPS) is 20.2. The van der Waals surface area contributed by atoms with E-state index in [2.05, 4.69) is 36.5 Å². The molecule has 24 heavy (non-hydrogen) atoms. The molecule has 5 heteroatoms. The van der Waals surface area contributed by atoms with Crippen LogP contribution in [0, 0.1) is 6.92 Å². The molecule has 2 aliphatic rings. The lowest BCUT2D eigenvalue weighted by Gasteiger charge is -2.24. The highest BCUT2D eigenvalue weighted by molar-refractivity contribution is 7.19. The summed E-state index contributed by atoms with van der Waals surface area (Å²) >= 11 is 1.83. The fraction of sp³-hybridized carbons (Fsp3) is 0.368. The number of benzene rings is 1. The maximum atomic E-state index is 12.3. The number of rotatable bonds is 2. The molecule has 5 rings (SSSR count). The number of carbonyl (C=O) groups is 1. The van der Waals surface area contributed by atoms with Gasteiger partial charge >= 0.3 is 0 Å². The zero-order valence-electron chi connectivity index (χ0n) is 13.8. The molecule has 1 aromatic carbocycles. The fourth-order valence-corrected chi connectivity index (χ4v) is 5.25. The standard InChI is InChI=1S/C19H19N3OS/c1-10-12-5-3-4-6-14(12)24-18(10)13-9-15(23)20-19-16(13)17(11-7-8-11)21-22(19)2/h3-6,11,13H,7-9H2,1-2H3,(H,20,23). The summed E-state index contributed by atoms with van der Waals surface area (Å²) in [4.78, 5) is 13.7. The van der Waals surface area contributed by atoms with E-state index in [4.69, 9.17) is 5.10 Å². The average Bonchev–Trinajstić information content (AvgIpc) is 3.30. The van der Waals surface area contributed by atoms with Crippen molar-refractivity contribution in [3.8, 4) is 0 Å². The van der Waals surface area contributed by atoms with Crippen LogP contribution in [0.15, 0.2) is 24.3 Å². The smallest absolute Gasteiger partial charge is 0.226 e. The van der Waals surface area contributed by atoms with Gasteiger partial charge in [0.25, 0.3) is 0 Å². The van der Waals surface area contributed by atoms with Crippen molar-refractivity contribution in [2.75, 3.05) is 5.32 Å². The maximum Gasteiger partial charge on any atom is 0.226 e. The van der Waals surface area contributed by atoms with Gasteiger partial charge in [-0.15, -0.1) is 11.3 Å². The lowest BCUT2D eigenvalue weighted by molar-refractivity contribution is -0.116. The Hall–Kier alpha value is -2.14. The molecule has 1 saturated carbocycles. The molecule has 1 unspecified atom stereocenters. The number of fused-ring (bicyclic) bond motifs is 2. The molecule has 2 aromatic heterocycles. The van der Waals surface area contributed by atoms with Crippen LogP contribution in [0.3, 0.4) is 0 Å². The third kappa shape index (κ3) is 1.97. The minimum absolute atomic E-state index is 0.0923. The molecule has 0 bridgehead atoms. The van der Waals surface area contributed by atoms with Crippen LogP contribution in [-0.4, -0.2) is 15.7 Å². The SMILES string of the molecule is Cc1c(C2CC(=O)Nc3c2c(C2CC2)nn3C)sc2ccccc12. The lowest BCUT2D eigenvalue weighted by atomic mass is 9.87. The van der Waals surface area contributed by atoms with Crippen LogP contribution in [0.5, 0.6) is 0 Å². The zero-order chi connectivity index (χ0) is 16.4. The largest absolute Gasteiger partial charge is 0.311 e. The van der Waals surface area contributed by atoms with E-state index in [1.807, 2.05) is 23.1 Å². The molecular formula is C19H19N3OS. The van der Waals surface area contributed by atoms with Crippen molar-refractivity contribution in [1.82, 2.24) is 9.78 Å². The summed E-state index contributed by atoms with van der Waals surface area (Å²) in [6, 6.07) is 8.52. The van der Waals surface area contributed by atoms with E-state index < -0.39 is 0 Å². The Balaban J connectivity index is 1.74. The number of nitrogens with zero attached hydrogens (tertiary/aromatic N) is 2. The van der Waals surface area contributed by atoms with Crippen LogP contribution in [-0.2, 0) is 11.8 Å². The molecular weight excluding hydrogens is 318 g/mol. The van der Waals surface area contributed by atoms with E-state index in [0.717, 1.165) is 5.82 Å². The topological polar surface area (TPSA) is 46.9 Å². The van der Waals surface area contributed by atoms with E-state index in [1.54, 1.807) is 0 Å². The molecule has 1 atom stereocenters. The number of thiophene rings is 1. The summed E-state index contributed by atoms with van der Waals surface area (Å²) in [5.41, 5.74) is 3.77. The Bertz CT molecular complexity index is 980. The van der Waals surface area contributed by atoms with E-state index >= 15 is 0 Å². The molecule has 1 amide bonds. The van der Waals surface area contributed by atoms with Crippen LogP contribution in [0.25, 0.3) is 10.1 Å². The van der Waals surface area contributed by atoms with Crippen molar-refractivity contribution in [3.05, 3.63) is 46.0 Å². The minimum Gasteiger partial charge on any atom is -0.311 e. The minimum atomic E-state index is 0.0923. The highest BCUT2D eigenvalue weighted by Gasteiger charge is 2.39. The third-order valence-electron chi connectivity index (χ3n) is 5.27. The first-order valence-corrected chi connectivity index (χ1v) is 9.29. The highest BCUT2D eigenvalue weighted by Crippen LogP contribution is 2.50. The second-order valence-corrected chi connectivity index (χ2v) is 8.02. The molecule has 0 saturated heterocycles. The number of aromatic nitrogens is 2. The molecule has 122 valence electrons. The summed E-state index contributed by atoms with van der Waals surface area (Å²) in [6.07, 6.45) is 2.96. The summed E-state index contributed by atoms with van der Waals surface area (Å²) in [6.45, 7) is 2.19. The monoisotopic (exact) mass is 337 g/mol. The Morgan fingerprint density at radius 1 is 1.29 bits per heavy atom. The Morgan fingerprint density at radius 2 is 2.08 bits per heavy atom. The van der Waals surface area contributed by atoms with Gasteiger partial charge in [-0.05, 0) is 36.8 Å². The molecule has 3 heterocycles. The first-order chi connectivity index (χ1) is 11.6. The van der Waals surface area contributed by atoms with E-state index in [1.165, 1.54) is 44.6 Å². The predicted octanol–water partition coefficient (Wildman–Crippen LogP) is 4.29. The van der Waals surface area contributed by atoms with Gasteiger partial charge in [0.2, 0.25) is 5.91 Å². The zero-order valence-corrected chi connectivity index (χ0v) is 14.6. The number of carbonyl (C=O) groups excluding carboxylic acids is 1. The number of nitrogens with one attached hydrogen (secondary N) is 1. The molecule has 1 aliphatic heterocycles. The van der Waals surface area contributed by atoms with Crippen LogP contribution >= 0.6 is 11.3 Å². The van der Waals surface area contributed by atoms with Gasteiger partial charge in [-0.3, -0.25) is 9.48 Å². The molecule has 1 fully saturated rings. The van der Waals surface area contributed by atoms with Crippen molar-refractivity contribution in [3.63, 3.8) is 0 Å². The van der Waals surface area contributed by atoms with Crippen LogP contribution in [0.1, 0.15) is 52.8 Å². The molecule has 1 N–H and O–H groups in total. The van der Waals surface area contributed by atoms with Crippen LogP contribution in [0.4, 0.5) is 5.82 Å². The van der Waals surface area contributed by atoms with Crippen LogP contribution < -0.4 is 5.32 Å². The number of aryl methyl sites for hydroxylation is 2. The van der Waals surface area contributed by atoms with Crippen LogP contribution in [0.2, 0.25) is 0 Å². The quantitative estimate of drug-likeness (QED) is 0.758. The van der Waals surface area contributed by atoms with E-state index in [0.29, 0.717) is 12.3 Å². The van der Waals surface area contributed by atoms with Gasteiger partial charge in [0.1, 0.15) is 5.82 Å². The summed E-state index contributed by atoms with van der Waals surface area (Å²) in [5.74, 6) is 1.70. The Labute approximate surface area is 144 Å². The third-order valence-corrected chi connectivity index (χ3v) is 6.66. The number of anilines is 1. The average molecular weight is 337 g/mol. The molecule has 1 aliphatic carbocycles.